The highest BCUT2D eigenvalue weighted by Crippen LogP contribution is 2.16. The van der Waals surface area contributed by atoms with E-state index in [1.807, 2.05) is 18.3 Å². The molecule has 0 aliphatic rings. The second-order valence-corrected chi connectivity index (χ2v) is 5.49. The first-order chi connectivity index (χ1) is 7.52. The second-order valence-electron chi connectivity index (χ2n) is 4.12. The van der Waals surface area contributed by atoms with Crippen molar-refractivity contribution in [3.8, 4) is 0 Å². The normalized spacial score (nSPS) is 14.5. The van der Waals surface area contributed by atoms with Crippen LogP contribution in [0.4, 0.5) is 0 Å². The maximum Gasteiger partial charge on any atom is 0.236 e. The Morgan fingerprint density at radius 2 is 2.12 bits per heavy atom. The summed E-state index contributed by atoms with van der Waals surface area (Å²) in [4.78, 5) is 14.0. The minimum Gasteiger partial charge on any atom is -0.358 e. The number of amides is 1. The molecule has 0 bridgehead atoms. The Hall–Kier alpha value is -0.870. The number of thiophene rings is 1. The van der Waals surface area contributed by atoms with Crippen LogP contribution in [0.2, 0.25) is 0 Å². The van der Waals surface area contributed by atoms with Crippen LogP contribution in [0.15, 0.2) is 12.1 Å². The van der Waals surface area contributed by atoms with Crippen molar-refractivity contribution in [2.75, 3.05) is 7.05 Å². The van der Waals surface area contributed by atoms with Gasteiger partial charge in [-0.2, -0.15) is 0 Å². The van der Waals surface area contributed by atoms with E-state index in [4.69, 9.17) is 0 Å². The number of hydrogen-bond donors (Lipinski definition) is 2. The quantitative estimate of drug-likeness (QED) is 0.822. The number of nitrogens with one attached hydrogen (secondary N) is 2. The fraction of sp³-hybridized carbons (Fsp3) is 0.583. The molecule has 0 spiro atoms. The molecule has 2 atom stereocenters. The molecule has 4 heteroatoms. The Balaban J connectivity index is 2.41. The largest absolute Gasteiger partial charge is 0.358 e. The summed E-state index contributed by atoms with van der Waals surface area (Å²) in [6, 6.07) is 4.46. The molecule has 0 aliphatic heterocycles. The molecule has 0 aliphatic carbocycles. The van der Waals surface area contributed by atoms with Crippen LogP contribution in [-0.2, 0) is 11.2 Å². The summed E-state index contributed by atoms with van der Waals surface area (Å²) < 4.78 is 0. The van der Waals surface area contributed by atoms with Crippen molar-refractivity contribution in [3.05, 3.63) is 21.9 Å². The lowest BCUT2D eigenvalue weighted by atomic mass is 10.2. The molecule has 1 aromatic rings. The Kier molecular flexibility index (Phi) is 4.96. The van der Waals surface area contributed by atoms with E-state index in [-0.39, 0.29) is 11.9 Å². The SMILES string of the molecule is CNC(=O)C(C)NC(C)Cc1ccc(C)s1. The van der Waals surface area contributed by atoms with Crippen molar-refractivity contribution in [1.29, 1.82) is 0 Å². The van der Waals surface area contributed by atoms with Gasteiger partial charge in [0.25, 0.3) is 0 Å². The summed E-state index contributed by atoms with van der Waals surface area (Å²) >= 11 is 1.82. The first kappa shape index (κ1) is 13.2. The van der Waals surface area contributed by atoms with Gasteiger partial charge in [0.1, 0.15) is 0 Å². The van der Waals surface area contributed by atoms with E-state index >= 15 is 0 Å². The van der Waals surface area contributed by atoms with Gasteiger partial charge >= 0.3 is 0 Å². The summed E-state index contributed by atoms with van der Waals surface area (Å²) in [6.07, 6.45) is 0.972. The number of rotatable bonds is 5. The Morgan fingerprint density at radius 1 is 1.44 bits per heavy atom. The average Bonchev–Trinajstić information content (AvgIpc) is 2.62. The predicted octanol–water partition coefficient (Wildman–Crippen LogP) is 1.71. The van der Waals surface area contributed by atoms with Crippen LogP contribution in [0.25, 0.3) is 0 Å². The van der Waals surface area contributed by atoms with Crippen LogP contribution in [0.5, 0.6) is 0 Å². The predicted molar refractivity (Wildman–Crippen MR) is 68.9 cm³/mol. The highest BCUT2D eigenvalue weighted by atomic mass is 32.1. The number of hydrogen-bond acceptors (Lipinski definition) is 3. The molecule has 16 heavy (non-hydrogen) atoms. The van der Waals surface area contributed by atoms with Crippen LogP contribution < -0.4 is 10.6 Å². The highest BCUT2D eigenvalue weighted by Gasteiger charge is 2.14. The molecular formula is C12H20N2OS. The third-order valence-corrected chi connectivity index (χ3v) is 3.50. The lowest BCUT2D eigenvalue weighted by Crippen LogP contribution is -2.45. The Morgan fingerprint density at radius 3 is 2.62 bits per heavy atom. The minimum atomic E-state index is -0.138. The fourth-order valence-electron chi connectivity index (χ4n) is 1.67. The van der Waals surface area contributed by atoms with E-state index in [0.717, 1.165) is 6.42 Å². The van der Waals surface area contributed by atoms with E-state index in [9.17, 15) is 4.79 Å². The van der Waals surface area contributed by atoms with Crippen LogP contribution >= 0.6 is 11.3 Å². The van der Waals surface area contributed by atoms with Gasteiger partial charge in [-0.05, 0) is 39.3 Å². The van der Waals surface area contributed by atoms with Gasteiger partial charge in [0, 0.05) is 22.8 Å². The van der Waals surface area contributed by atoms with Gasteiger partial charge in [0.05, 0.1) is 6.04 Å². The van der Waals surface area contributed by atoms with Crippen molar-refractivity contribution in [1.82, 2.24) is 10.6 Å². The van der Waals surface area contributed by atoms with Crippen LogP contribution in [0.3, 0.4) is 0 Å². The monoisotopic (exact) mass is 240 g/mol. The first-order valence-corrected chi connectivity index (χ1v) is 6.37. The van der Waals surface area contributed by atoms with E-state index in [1.165, 1.54) is 9.75 Å². The molecule has 2 unspecified atom stereocenters. The van der Waals surface area contributed by atoms with Gasteiger partial charge in [0.2, 0.25) is 5.91 Å². The summed E-state index contributed by atoms with van der Waals surface area (Å²) in [7, 11) is 1.66. The van der Waals surface area contributed by atoms with E-state index in [0.29, 0.717) is 6.04 Å². The van der Waals surface area contributed by atoms with Gasteiger partial charge in [-0.15, -0.1) is 11.3 Å². The molecule has 0 aromatic carbocycles. The zero-order chi connectivity index (χ0) is 12.1. The lowest BCUT2D eigenvalue weighted by molar-refractivity contribution is -0.122. The van der Waals surface area contributed by atoms with Crippen LogP contribution in [0.1, 0.15) is 23.6 Å². The topological polar surface area (TPSA) is 41.1 Å². The van der Waals surface area contributed by atoms with Crippen molar-refractivity contribution in [2.45, 2.75) is 39.3 Å². The third-order valence-electron chi connectivity index (χ3n) is 2.48. The maximum atomic E-state index is 11.3. The lowest BCUT2D eigenvalue weighted by Gasteiger charge is -2.18. The number of aryl methyl sites for hydroxylation is 1. The van der Waals surface area contributed by atoms with Crippen molar-refractivity contribution in [3.63, 3.8) is 0 Å². The molecule has 90 valence electrons. The van der Waals surface area contributed by atoms with Crippen LogP contribution in [-0.4, -0.2) is 25.0 Å². The molecule has 1 amide bonds. The van der Waals surface area contributed by atoms with Gasteiger partial charge in [0.15, 0.2) is 0 Å². The van der Waals surface area contributed by atoms with E-state index < -0.39 is 0 Å². The Labute approximate surface area is 101 Å². The van der Waals surface area contributed by atoms with Crippen molar-refractivity contribution < 1.29 is 4.79 Å². The fourth-order valence-corrected chi connectivity index (χ4v) is 2.69. The third kappa shape index (κ3) is 3.94. The molecule has 2 N–H and O–H groups in total. The number of carbonyl (C=O) groups is 1. The molecule has 1 rings (SSSR count). The van der Waals surface area contributed by atoms with Crippen LogP contribution in [0, 0.1) is 6.92 Å². The molecule has 0 fully saturated rings. The zero-order valence-electron chi connectivity index (χ0n) is 10.3. The summed E-state index contributed by atoms with van der Waals surface area (Å²) in [5.74, 6) is 0.0363. The van der Waals surface area contributed by atoms with E-state index in [1.54, 1.807) is 7.05 Å². The summed E-state index contributed by atoms with van der Waals surface area (Å²) in [6.45, 7) is 6.10. The van der Waals surface area contributed by atoms with Gasteiger partial charge in [-0.3, -0.25) is 4.79 Å². The van der Waals surface area contributed by atoms with Gasteiger partial charge in [-0.1, -0.05) is 0 Å². The second kappa shape index (κ2) is 6.01. The zero-order valence-corrected chi connectivity index (χ0v) is 11.1. The highest BCUT2D eigenvalue weighted by molar-refractivity contribution is 7.11. The number of carbonyl (C=O) groups excluding carboxylic acids is 1. The van der Waals surface area contributed by atoms with Crippen molar-refractivity contribution in [2.24, 2.45) is 0 Å². The molecular weight excluding hydrogens is 220 g/mol. The van der Waals surface area contributed by atoms with Gasteiger partial charge < -0.3 is 10.6 Å². The first-order valence-electron chi connectivity index (χ1n) is 5.56. The standard InChI is InChI=1S/C12H20N2OS/c1-8(14-10(3)12(15)13-4)7-11-6-5-9(2)16-11/h5-6,8,10,14H,7H2,1-4H3,(H,13,15). The molecule has 1 aromatic heterocycles. The smallest absolute Gasteiger partial charge is 0.236 e. The molecule has 0 saturated carbocycles. The maximum absolute atomic E-state index is 11.3. The molecule has 0 radical (unpaired) electrons. The van der Waals surface area contributed by atoms with Crippen molar-refractivity contribution >= 4 is 17.2 Å². The summed E-state index contributed by atoms with van der Waals surface area (Å²) in [5.41, 5.74) is 0. The average molecular weight is 240 g/mol. The molecule has 3 nitrogen and oxygen atoms in total. The Bertz CT molecular complexity index is 349. The summed E-state index contributed by atoms with van der Waals surface area (Å²) in [5, 5.41) is 5.92. The minimum absolute atomic E-state index is 0.0363. The van der Waals surface area contributed by atoms with E-state index in [2.05, 4.69) is 36.6 Å². The molecule has 0 saturated heterocycles. The van der Waals surface area contributed by atoms with Gasteiger partial charge in [-0.25, -0.2) is 0 Å². The molecule has 1 heterocycles. The number of likely N-dealkylation sites (N-methyl/N-ethyl adjacent to an activating group) is 1.